The van der Waals surface area contributed by atoms with Crippen LogP contribution in [0.25, 0.3) is 5.69 Å². The van der Waals surface area contributed by atoms with Crippen LogP contribution in [-0.2, 0) is 6.54 Å². The number of anilines is 2. The third-order valence-electron chi connectivity index (χ3n) is 3.75. The van der Waals surface area contributed by atoms with E-state index in [2.05, 4.69) is 30.8 Å². The van der Waals surface area contributed by atoms with Gasteiger partial charge in [0, 0.05) is 13.1 Å². The fourth-order valence-corrected chi connectivity index (χ4v) is 3.09. The molecule has 0 aliphatic heterocycles. The molecule has 0 aliphatic rings. The number of nitrogens with one attached hydrogen (secondary N) is 1. The molecule has 11 nitrogen and oxygen atoms in total. The molecule has 0 saturated carbocycles. The predicted octanol–water partition coefficient (Wildman–Crippen LogP) is 2.35. The molecule has 0 unspecified atom stereocenters. The number of para-hydroxylation sites is 1. The molecule has 1 amide bonds. The summed E-state index contributed by atoms with van der Waals surface area (Å²) < 4.78 is 6.52. The molecule has 0 bridgehead atoms. The number of benzene rings is 1. The second kappa shape index (κ2) is 7.53. The van der Waals surface area contributed by atoms with Gasteiger partial charge in [0.2, 0.25) is 5.89 Å². The van der Waals surface area contributed by atoms with Crippen LogP contribution in [-0.4, -0.2) is 40.8 Å². The Morgan fingerprint density at radius 2 is 2.03 bits per heavy atom. The number of rotatable bonds is 6. The van der Waals surface area contributed by atoms with Gasteiger partial charge in [0.1, 0.15) is 12.2 Å². The summed E-state index contributed by atoms with van der Waals surface area (Å²) in [6.07, 6.45) is 3.22. The van der Waals surface area contributed by atoms with Crippen molar-refractivity contribution in [3.63, 3.8) is 0 Å². The second-order valence-corrected chi connectivity index (χ2v) is 6.72. The number of hydrogen-bond donors (Lipinski definition) is 2. The van der Waals surface area contributed by atoms with Crippen molar-refractivity contribution in [3.8, 4) is 5.69 Å². The van der Waals surface area contributed by atoms with Crippen LogP contribution in [0.3, 0.4) is 0 Å². The third kappa shape index (κ3) is 3.91. The number of aryl methyl sites for hydroxylation is 1. The van der Waals surface area contributed by atoms with Crippen LogP contribution >= 0.6 is 23.2 Å². The highest BCUT2D eigenvalue weighted by atomic mass is 35.5. The van der Waals surface area contributed by atoms with Gasteiger partial charge in [-0.2, -0.15) is 10.1 Å². The first kappa shape index (κ1) is 18.9. The second-order valence-electron chi connectivity index (χ2n) is 5.90. The predicted molar refractivity (Wildman–Crippen MR) is 104 cm³/mol. The minimum Gasteiger partial charge on any atom is -0.364 e. The van der Waals surface area contributed by atoms with Gasteiger partial charge < -0.3 is 15.6 Å². The monoisotopic (exact) mass is 433 g/mol. The van der Waals surface area contributed by atoms with Gasteiger partial charge in [0.25, 0.3) is 5.91 Å². The van der Waals surface area contributed by atoms with Crippen molar-refractivity contribution in [2.24, 2.45) is 5.73 Å². The first-order valence-corrected chi connectivity index (χ1v) is 8.96. The number of halogens is 2. The molecule has 148 valence electrons. The highest BCUT2D eigenvalue weighted by molar-refractivity contribution is 6.37. The van der Waals surface area contributed by atoms with Crippen molar-refractivity contribution in [3.05, 3.63) is 58.0 Å². The Morgan fingerprint density at radius 1 is 1.28 bits per heavy atom. The van der Waals surface area contributed by atoms with Gasteiger partial charge in [0.15, 0.2) is 17.3 Å². The topological polar surface area (TPSA) is 143 Å². The van der Waals surface area contributed by atoms with Crippen LogP contribution in [0.2, 0.25) is 10.0 Å². The van der Waals surface area contributed by atoms with Gasteiger partial charge in [-0.15, -0.1) is 15.0 Å². The lowest BCUT2D eigenvalue weighted by molar-refractivity contribution is 0.0996. The summed E-state index contributed by atoms with van der Waals surface area (Å²) in [6, 6.07) is 4.95. The zero-order valence-corrected chi connectivity index (χ0v) is 16.4. The molecule has 0 saturated heterocycles. The molecule has 0 fully saturated rings. The summed E-state index contributed by atoms with van der Waals surface area (Å²) in [7, 11) is 0. The molecular weight excluding hydrogens is 421 g/mol. The molecule has 0 atom stereocenters. The fourth-order valence-electron chi connectivity index (χ4n) is 2.54. The van der Waals surface area contributed by atoms with E-state index in [1.807, 2.05) is 0 Å². The van der Waals surface area contributed by atoms with Crippen LogP contribution < -0.4 is 11.1 Å². The van der Waals surface area contributed by atoms with Crippen molar-refractivity contribution in [1.82, 2.24) is 34.9 Å². The van der Waals surface area contributed by atoms with Crippen LogP contribution in [0, 0.1) is 6.92 Å². The average molecular weight is 434 g/mol. The largest absolute Gasteiger partial charge is 0.364 e. The Hall–Kier alpha value is -3.44. The average Bonchev–Trinajstić information content (AvgIpc) is 3.37. The lowest BCUT2D eigenvalue weighted by Crippen LogP contribution is -2.14. The van der Waals surface area contributed by atoms with E-state index in [0.29, 0.717) is 39.7 Å². The molecule has 3 aromatic heterocycles. The minimum atomic E-state index is -0.767. The first-order valence-electron chi connectivity index (χ1n) is 8.21. The molecule has 1 aromatic carbocycles. The van der Waals surface area contributed by atoms with Crippen LogP contribution in [0.4, 0.5) is 11.5 Å². The van der Waals surface area contributed by atoms with E-state index in [-0.39, 0.29) is 11.5 Å². The van der Waals surface area contributed by atoms with Gasteiger partial charge in [-0.1, -0.05) is 34.4 Å². The zero-order chi connectivity index (χ0) is 20.5. The van der Waals surface area contributed by atoms with Crippen LogP contribution in [0.1, 0.15) is 22.2 Å². The lowest BCUT2D eigenvalue weighted by Gasteiger charge is -2.04. The third-order valence-corrected chi connectivity index (χ3v) is 4.36. The smallest absolute Gasteiger partial charge is 0.273 e. The maximum Gasteiger partial charge on any atom is 0.273 e. The lowest BCUT2D eigenvalue weighted by atomic mass is 10.3. The quantitative estimate of drug-likeness (QED) is 0.471. The molecule has 0 aliphatic carbocycles. The SMILES string of the molecule is Cc1nc(Cn2cc(Nc3nn(-c4c(Cl)cccc4Cl)nc3C(N)=O)cn2)no1. The van der Waals surface area contributed by atoms with Crippen LogP contribution in [0.15, 0.2) is 35.1 Å². The number of nitrogens with two attached hydrogens (primary N) is 1. The molecule has 3 N–H and O–H groups in total. The number of carbonyl (C=O) groups excluding carboxylic acids is 1. The summed E-state index contributed by atoms with van der Waals surface area (Å²) in [5, 5.41) is 20.0. The Morgan fingerprint density at radius 3 is 2.69 bits per heavy atom. The molecule has 3 heterocycles. The zero-order valence-electron chi connectivity index (χ0n) is 14.9. The molecule has 0 spiro atoms. The Bertz CT molecular complexity index is 1180. The van der Waals surface area contributed by atoms with Gasteiger partial charge in [-0.25, -0.2) is 0 Å². The number of hydrogen-bond acceptors (Lipinski definition) is 8. The Kier molecular flexibility index (Phi) is 4.91. The van der Waals surface area contributed by atoms with Gasteiger partial charge in [-0.3, -0.25) is 9.48 Å². The molecular formula is C16H13Cl2N9O2. The maximum absolute atomic E-state index is 11.8. The maximum atomic E-state index is 11.8. The van der Waals surface area contributed by atoms with E-state index in [4.69, 9.17) is 33.5 Å². The highest BCUT2D eigenvalue weighted by Gasteiger charge is 2.20. The standard InChI is InChI=1S/C16H13Cl2N9O2/c1-8-21-12(25-29-8)7-26-6-9(5-20-26)22-16-13(15(19)28)23-27(24-16)14-10(17)3-2-4-11(14)18/h2-6H,7H2,1H3,(H2,19,28)(H,22,24). The van der Waals surface area contributed by atoms with Crippen LogP contribution in [0.5, 0.6) is 0 Å². The minimum absolute atomic E-state index is 0.0810. The van der Waals surface area contributed by atoms with E-state index < -0.39 is 5.91 Å². The van der Waals surface area contributed by atoms with E-state index in [1.165, 1.54) is 0 Å². The highest BCUT2D eigenvalue weighted by Crippen LogP contribution is 2.28. The Balaban J connectivity index is 1.62. The summed E-state index contributed by atoms with van der Waals surface area (Å²) in [6.45, 7) is 2.01. The van der Waals surface area contributed by atoms with Crippen molar-refractivity contribution >= 4 is 40.6 Å². The van der Waals surface area contributed by atoms with E-state index >= 15 is 0 Å². The summed E-state index contributed by atoms with van der Waals surface area (Å²) >= 11 is 12.4. The van der Waals surface area contributed by atoms with Crippen molar-refractivity contribution in [2.45, 2.75) is 13.5 Å². The normalized spacial score (nSPS) is 11.0. The molecule has 29 heavy (non-hydrogen) atoms. The Labute approximate surface area is 173 Å². The molecule has 4 aromatic rings. The molecule has 0 radical (unpaired) electrons. The summed E-state index contributed by atoms with van der Waals surface area (Å²) in [4.78, 5) is 17.1. The fraction of sp³-hybridized carbons (Fsp3) is 0.125. The van der Waals surface area contributed by atoms with E-state index in [9.17, 15) is 4.79 Å². The van der Waals surface area contributed by atoms with Gasteiger partial charge in [0.05, 0.1) is 21.9 Å². The molecule has 13 heteroatoms. The number of carbonyl (C=O) groups is 1. The van der Waals surface area contributed by atoms with Crippen molar-refractivity contribution in [1.29, 1.82) is 0 Å². The van der Waals surface area contributed by atoms with E-state index in [0.717, 1.165) is 4.80 Å². The van der Waals surface area contributed by atoms with Gasteiger partial charge in [-0.05, 0) is 12.1 Å². The van der Waals surface area contributed by atoms with E-state index in [1.54, 1.807) is 42.2 Å². The number of nitrogens with zero attached hydrogens (tertiary/aromatic N) is 7. The summed E-state index contributed by atoms with van der Waals surface area (Å²) in [5.74, 6) is 0.306. The van der Waals surface area contributed by atoms with Crippen molar-refractivity contribution < 1.29 is 9.32 Å². The number of primary amides is 1. The van der Waals surface area contributed by atoms with Crippen molar-refractivity contribution in [2.75, 3.05) is 5.32 Å². The molecule has 4 rings (SSSR count). The summed E-state index contributed by atoms with van der Waals surface area (Å²) in [5.41, 5.74) is 6.23. The van der Waals surface area contributed by atoms with Gasteiger partial charge >= 0.3 is 0 Å². The number of amides is 1. The first-order chi connectivity index (χ1) is 13.9. The number of aromatic nitrogens is 7.